The Morgan fingerprint density at radius 1 is 1.19 bits per heavy atom. The monoisotopic (exact) mass is 297 g/mol. The van der Waals surface area contributed by atoms with Crippen LogP contribution in [-0.2, 0) is 4.79 Å². The highest BCUT2D eigenvalue weighted by atomic mass is 16.5. The first kappa shape index (κ1) is 17.3. The van der Waals surface area contributed by atoms with E-state index in [2.05, 4.69) is 5.32 Å². The summed E-state index contributed by atoms with van der Waals surface area (Å²) < 4.78 is 10.9. The zero-order valence-electron chi connectivity index (χ0n) is 12.6. The van der Waals surface area contributed by atoms with E-state index in [0.29, 0.717) is 30.3 Å². The Labute approximate surface area is 124 Å². The van der Waals surface area contributed by atoms with Gasteiger partial charge in [0.1, 0.15) is 12.2 Å². The summed E-state index contributed by atoms with van der Waals surface area (Å²) >= 11 is 0. The smallest absolute Gasteiger partial charge is 0.216 e. The molecule has 1 aromatic carbocycles. The number of hydrogen-bond donors (Lipinski definition) is 3. The fraction of sp³-hybridized carbons (Fsp3) is 0.533. The predicted molar refractivity (Wildman–Crippen MR) is 78.4 cm³/mol. The van der Waals surface area contributed by atoms with E-state index in [1.54, 1.807) is 18.2 Å². The van der Waals surface area contributed by atoms with Crippen LogP contribution in [0.3, 0.4) is 0 Å². The molecule has 0 spiro atoms. The van der Waals surface area contributed by atoms with Crippen molar-refractivity contribution in [3.8, 4) is 11.5 Å². The van der Waals surface area contributed by atoms with Crippen molar-refractivity contribution in [1.82, 2.24) is 5.32 Å². The summed E-state index contributed by atoms with van der Waals surface area (Å²) in [7, 11) is 0. The lowest BCUT2D eigenvalue weighted by molar-refractivity contribution is -0.119. The van der Waals surface area contributed by atoms with E-state index in [0.717, 1.165) is 0 Å². The maximum absolute atomic E-state index is 10.8. The second-order valence-electron chi connectivity index (χ2n) is 4.52. The third kappa shape index (κ3) is 5.24. The zero-order chi connectivity index (χ0) is 15.8. The average Bonchev–Trinajstić information content (AvgIpc) is 2.46. The van der Waals surface area contributed by atoms with Crippen LogP contribution in [0.4, 0.5) is 0 Å². The summed E-state index contributed by atoms with van der Waals surface area (Å²) in [5.41, 5.74) is 0.500. The van der Waals surface area contributed by atoms with Gasteiger partial charge in [-0.1, -0.05) is 6.07 Å². The van der Waals surface area contributed by atoms with Crippen molar-refractivity contribution in [2.45, 2.75) is 33.0 Å². The summed E-state index contributed by atoms with van der Waals surface area (Å²) in [6, 6.07) is 4.99. The molecule has 0 bridgehead atoms. The number of carbonyl (C=O) groups excluding carboxylic acids is 1. The first-order valence-electron chi connectivity index (χ1n) is 6.99. The number of amides is 1. The van der Waals surface area contributed by atoms with Crippen LogP contribution in [0.5, 0.6) is 11.5 Å². The Morgan fingerprint density at radius 2 is 1.81 bits per heavy atom. The molecule has 6 nitrogen and oxygen atoms in total. The van der Waals surface area contributed by atoms with E-state index in [-0.39, 0.29) is 12.5 Å². The number of rotatable bonds is 8. The molecule has 1 amide bonds. The number of aliphatic hydroxyl groups is 2. The third-order valence-corrected chi connectivity index (χ3v) is 2.83. The molecule has 0 aliphatic rings. The van der Waals surface area contributed by atoms with Gasteiger partial charge in [0.05, 0.1) is 13.2 Å². The van der Waals surface area contributed by atoms with Gasteiger partial charge in [0.25, 0.3) is 0 Å². The normalized spacial score (nSPS) is 13.4. The molecule has 1 rings (SSSR count). The molecule has 2 atom stereocenters. The fourth-order valence-electron chi connectivity index (χ4n) is 1.83. The SMILES string of the molecule is CCOc1ccc(C(O)C(O)CNC(C)=O)cc1OCC. The van der Waals surface area contributed by atoms with Gasteiger partial charge in [-0.2, -0.15) is 0 Å². The Hall–Kier alpha value is -1.79. The highest BCUT2D eigenvalue weighted by Crippen LogP contribution is 2.31. The lowest BCUT2D eigenvalue weighted by Gasteiger charge is -2.20. The van der Waals surface area contributed by atoms with Gasteiger partial charge < -0.3 is 25.0 Å². The number of nitrogens with one attached hydrogen (secondary N) is 1. The minimum absolute atomic E-state index is 0.0202. The van der Waals surface area contributed by atoms with E-state index < -0.39 is 12.2 Å². The Morgan fingerprint density at radius 3 is 2.38 bits per heavy atom. The van der Waals surface area contributed by atoms with Gasteiger partial charge in [-0.25, -0.2) is 0 Å². The molecule has 2 unspecified atom stereocenters. The second kappa shape index (κ2) is 8.49. The summed E-state index contributed by atoms with van der Waals surface area (Å²) in [6.07, 6.45) is -2.21. The van der Waals surface area contributed by atoms with Gasteiger partial charge in [0, 0.05) is 13.5 Å². The van der Waals surface area contributed by atoms with Crippen LogP contribution >= 0.6 is 0 Å². The molecule has 0 aliphatic carbocycles. The van der Waals surface area contributed by atoms with E-state index >= 15 is 0 Å². The number of hydrogen-bond acceptors (Lipinski definition) is 5. The first-order valence-corrected chi connectivity index (χ1v) is 6.99. The standard InChI is InChI=1S/C15H23NO5/c1-4-20-13-7-6-11(8-14(13)21-5-2)15(19)12(18)9-16-10(3)17/h6-8,12,15,18-19H,4-5,9H2,1-3H3,(H,16,17). The van der Waals surface area contributed by atoms with Crippen LogP contribution in [0.15, 0.2) is 18.2 Å². The van der Waals surface area contributed by atoms with Gasteiger partial charge in [-0.3, -0.25) is 4.79 Å². The molecule has 1 aromatic rings. The Kier molecular flexibility index (Phi) is 6.98. The minimum Gasteiger partial charge on any atom is -0.490 e. The third-order valence-electron chi connectivity index (χ3n) is 2.83. The minimum atomic E-state index is -1.12. The van der Waals surface area contributed by atoms with Crippen molar-refractivity contribution in [2.24, 2.45) is 0 Å². The van der Waals surface area contributed by atoms with Crippen molar-refractivity contribution < 1.29 is 24.5 Å². The van der Waals surface area contributed by atoms with Gasteiger partial charge >= 0.3 is 0 Å². The lowest BCUT2D eigenvalue weighted by atomic mass is 10.0. The lowest BCUT2D eigenvalue weighted by Crippen LogP contribution is -2.34. The van der Waals surface area contributed by atoms with Gasteiger partial charge in [-0.05, 0) is 31.5 Å². The van der Waals surface area contributed by atoms with Gasteiger partial charge in [0.15, 0.2) is 11.5 Å². The summed E-state index contributed by atoms with van der Waals surface area (Å²) in [5.74, 6) is 0.845. The first-order chi connectivity index (χ1) is 9.99. The molecule has 0 saturated carbocycles. The largest absolute Gasteiger partial charge is 0.490 e. The molecule has 21 heavy (non-hydrogen) atoms. The molecule has 0 aromatic heterocycles. The van der Waals surface area contributed by atoms with Gasteiger partial charge in [0.2, 0.25) is 5.91 Å². The molecular weight excluding hydrogens is 274 g/mol. The fourth-order valence-corrected chi connectivity index (χ4v) is 1.83. The average molecular weight is 297 g/mol. The number of carbonyl (C=O) groups is 1. The van der Waals surface area contributed by atoms with Crippen molar-refractivity contribution >= 4 is 5.91 Å². The number of benzene rings is 1. The van der Waals surface area contributed by atoms with E-state index in [9.17, 15) is 15.0 Å². The van der Waals surface area contributed by atoms with Crippen molar-refractivity contribution in [2.75, 3.05) is 19.8 Å². The maximum Gasteiger partial charge on any atom is 0.216 e. The highest BCUT2D eigenvalue weighted by Gasteiger charge is 2.20. The maximum atomic E-state index is 10.8. The van der Waals surface area contributed by atoms with Crippen molar-refractivity contribution in [1.29, 1.82) is 0 Å². The quantitative estimate of drug-likeness (QED) is 0.666. The molecule has 6 heteroatoms. The van der Waals surface area contributed by atoms with Crippen LogP contribution < -0.4 is 14.8 Å². The van der Waals surface area contributed by atoms with E-state index in [1.807, 2.05) is 13.8 Å². The number of ether oxygens (including phenoxy) is 2. The van der Waals surface area contributed by atoms with E-state index in [1.165, 1.54) is 6.92 Å². The molecule has 0 saturated heterocycles. The Balaban J connectivity index is 2.86. The zero-order valence-corrected chi connectivity index (χ0v) is 12.6. The van der Waals surface area contributed by atoms with Gasteiger partial charge in [-0.15, -0.1) is 0 Å². The molecule has 3 N–H and O–H groups in total. The van der Waals surface area contributed by atoms with Crippen molar-refractivity contribution in [3.05, 3.63) is 23.8 Å². The molecule has 118 valence electrons. The highest BCUT2D eigenvalue weighted by molar-refractivity contribution is 5.72. The van der Waals surface area contributed by atoms with Crippen LogP contribution in [0.1, 0.15) is 32.4 Å². The molecule has 0 heterocycles. The molecule has 0 radical (unpaired) electrons. The van der Waals surface area contributed by atoms with E-state index in [4.69, 9.17) is 9.47 Å². The topological polar surface area (TPSA) is 88.0 Å². The summed E-state index contributed by atoms with van der Waals surface area (Å²) in [5, 5.41) is 22.5. The Bertz CT molecular complexity index is 463. The summed E-state index contributed by atoms with van der Waals surface area (Å²) in [4.78, 5) is 10.8. The van der Waals surface area contributed by atoms with Crippen LogP contribution in [0.2, 0.25) is 0 Å². The number of aliphatic hydroxyl groups excluding tert-OH is 2. The second-order valence-corrected chi connectivity index (χ2v) is 4.52. The van der Waals surface area contributed by atoms with Crippen LogP contribution in [0.25, 0.3) is 0 Å². The molecular formula is C15H23NO5. The van der Waals surface area contributed by atoms with Crippen LogP contribution in [-0.4, -0.2) is 42.0 Å². The predicted octanol–water partition coefficient (Wildman–Crippen LogP) is 1.01. The van der Waals surface area contributed by atoms with Crippen LogP contribution in [0, 0.1) is 0 Å². The molecule has 0 fully saturated rings. The van der Waals surface area contributed by atoms with Crippen molar-refractivity contribution in [3.63, 3.8) is 0 Å². The molecule has 0 aliphatic heterocycles. The summed E-state index contributed by atoms with van der Waals surface area (Å²) in [6.45, 7) is 6.03.